The Hall–Kier alpha value is -1.07. The van der Waals surface area contributed by atoms with Gasteiger partial charge in [0.1, 0.15) is 0 Å². The van der Waals surface area contributed by atoms with Crippen molar-refractivity contribution in [3.63, 3.8) is 0 Å². The average Bonchev–Trinajstić information content (AvgIpc) is 2.18. The quantitative estimate of drug-likeness (QED) is 0.837. The summed E-state index contributed by atoms with van der Waals surface area (Å²) in [5.41, 5.74) is 1.62. The highest BCUT2D eigenvalue weighted by Crippen LogP contribution is 2.16. The van der Waals surface area contributed by atoms with Gasteiger partial charge in [-0.1, -0.05) is 18.2 Å². The number of hydrogen-bond donors (Lipinski definition) is 2. The minimum absolute atomic E-state index is 0.180. The van der Waals surface area contributed by atoms with E-state index in [2.05, 4.69) is 10.0 Å². The number of nitrogens with one attached hydrogen (secondary N) is 2. The van der Waals surface area contributed by atoms with E-state index in [-0.39, 0.29) is 5.75 Å². The van der Waals surface area contributed by atoms with E-state index in [4.69, 9.17) is 0 Å². The minimum Gasteiger partial charge on any atom is -0.314 e. The molecule has 1 aromatic carbocycles. The molecule has 1 heterocycles. The Balaban J connectivity index is 1.94. The van der Waals surface area contributed by atoms with Gasteiger partial charge in [0, 0.05) is 6.04 Å². The third-order valence-electron chi connectivity index (χ3n) is 3.07. The molecule has 1 atom stereocenters. The van der Waals surface area contributed by atoms with E-state index >= 15 is 0 Å². The second-order valence-electron chi connectivity index (χ2n) is 4.46. The maximum absolute atomic E-state index is 11.9. The first-order valence-corrected chi connectivity index (χ1v) is 7.51. The van der Waals surface area contributed by atoms with Gasteiger partial charge in [-0.25, -0.2) is 8.42 Å². The number of para-hydroxylation sites is 1. The Morgan fingerprint density at radius 2 is 2.12 bits per heavy atom. The van der Waals surface area contributed by atoms with Crippen molar-refractivity contribution in [1.29, 1.82) is 0 Å². The molecule has 0 radical (unpaired) electrons. The SMILES string of the molecule is Cc1ccccc1NS(=O)(=O)CCC1CCN1. The summed E-state index contributed by atoms with van der Waals surface area (Å²) >= 11 is 0. The summed E-state index contributed by atoms with van der Waals surface area (Å²) in [6.07, 6.45) is 1.76. The molecule has 4 nitrogen and oxygen atoms in total. The fraction of sp³-hybridized carbons (Fsp3) is 0.500. The average molecular weight is 254 g/mol. The third-order valence-corrected chi connectivity index (χ3v) is 4.38. The number of benzene rings is 1. The third kappa shape index (κ3) is 3.44. The smallest absolute Gasteiger partial charge is 0.232 e. The lowest BCUT2D eigenvalue weighted by Crippen LogP contribution is -2.44. The molecular formula is C12H18N2O2S. The molecule has 0 spiro atoms. The Labute approximate surface area is 102 Å². The predicted molar refractivity (Wildman–Crippen MR) is 69.6 cm³/mol. The first-order chi connectivity index (χ1) is 8.07. The number of anilines is 1. The van der Waals surface area contributed by atoms with Crippen molar-refractivity contribution in [1.82, 2.24) is 5.32 Å². The monoisotopic (exact) mass is 254 g/mol. The van der Waals surface area contributed by atoms with Crippen molar-refractivity contribution in [2.24, 2.45) is 0 Å². The lowest BCUT2D eigenvalue weighted by Gasteiger charge is -2.27. The Kier molecular flexibility index (Phi) is 3.69. The molecule has 0 bridgehead atoms. The molecular weight excluding hydrogens is 236 g/mol. The van der Waals surface area contributed by atoms with Crippen molar-refractivity contribution in [3.05, 3.63) is 29.8 Å². The zero-order valence-electron chi connectivity index (χ0n) is 9.94. The number of aryl methyl sites for hydroxylation is 1. The fourth-order valence-corrected chi connectivity index (χ4v) is 3.06. The van der Waals surface area contributed by atoms with Crippen molar-refractivity contribution >= 4 is 15.7 Å². The second-order valence-corrected chi connectivity index (χ2v) is 6.31. The van der Waals surface area contributed by atoms with E-state index in [1.54, 1.807) is 6.07 Å². The summed E-state index contributed by atoms with van der Waals surface area (Å²) in [5.74, 6) is 0.180. The summed E-state index contributed by atoms with van der Waals surface area (Å²) in [5, 5.41) is 3.20. The summed E-state index contributed by atoms with van der Waals surface area (Å²) in [6.45, 7) is 2.90. The molecule has 2 N–H and O–H groups in total. The summed E-state index contributed by atoms with van der Waals surface area (Å²) in [7, 11) is -3.22. The van der Waals surface area contributed by atoms with Crippen molar-refractivity contribution in [2.75, 3.05) is 17.0 Å². The van der Waals surface area contributed by atoms with Crippen LogP contribution in [0.4, 0.5) is 5.69 Å². The van der Waals surface area contributed by atoms with Crippen LogP contribution < -0.4 is 10.0 Å². The van der Waals surface area contributed by atoms with Crippen molar-refractivity contribution < 1.29 is 8.42 Å². The number of hydrogen-bond acceptors (Lipinski definition) is 3. The van der Waals surface area contributed by atoms with Crippen LogP contribution in [0, 0.1) is 6.92 Å². The van der Waals surface area contributed by atoms with E-state index < -0.39 is 10.0 Å². The molecule has 0 aromatic heterocycles. The van der Waals surface area contributed by atoms with Crippen LogP contribution in [0.25, 0.3) is 0 Å². The van der Waals surface area contributed by atoms with Gasteiger partial charge >= 0.3 is 0 Å². The van der Waals surface area contributed by atoms with E-state index in [0.717, 1.165) is 18.5 Å². The highest BCUT2D eigenvalue weighted by molar-refractivity contribution is 7.92. The summed E-state index contributed by atoms with van der Waals surface area (Å²) in [6, 6.07) is 7.78. The van der Waals surface area contributed by atoms with Crippen LogP contribution in [0.1, 0.15) is 18.4 Å². The largest absolute Gasteiger partial charge is 0.314 e. The topological polar surface area (TPSA) is 58.2 Å². The van der Waals surface area contributed by atoms with Gasteiger partial charge in [-0.2, -0.15) is 0 Å². The van der Waals surface area contributed by atoms with Crippen LogP contribution in [0.15, 0.2) is 24.3 Å². The Bertz CT molecular complexity index is 481. The molecule has 1 aliphatic rings. The Morgan fingerprint density at radius 3 is 2.71 bits per heavy atom. The van der Waals surface area contributed by atoms with Crippen molar-refractivity contribution in [2.45, 2.75) is 25.8 Å². The highest BCUT2D eigenvalue weighted by Gasteiger charge is 2.20. The molecule has 0 saturated carbocycles. The van der Waals surface area contributed by atoms with E-state index in [9.17, 15) is 8.42 Å². The molecule has 1 aromatic rings. The lowest BCUT2D eigenvalue weighted by atomic mass is 10.1. The zero-order valence-corrected chi connectivity index (χ0v) is 10.8. The molecule has 1 saturated heterocycles. The highest BCUT2D eigenvalue weighted by atomic mass is 32.2. The molecule has 17 heavy (non-hydrogen) atoms. The standard InChI is InChI=1S/C12H18N2O2S/c1-10-4-2-3-5-12(10)14-17(15,16)9-7-11-6-8-13-11/h2-5,11,13-14H,6-9H2,1H3. The van der Waals surface area contributed by atoms with Gasteiger partial charge in [0.2, 0.25) is 10.0 Å². The first kappa shape index (κ1) is 12.4. The van der Waals surface area contributed by atoms with E-state index in [1.807, 2.05) is 25.1 Å². The maximum Gasteiger partial charge on any atom is 0.232 e. The van der Waals surface area contributed by atoms with Gasteiger partial charge in [-0.3, -0.25) is 4.72 Å². The molecule has 1 fully saturated rings. The van der Waals surface area contributed by atoms with Gasteiger partial charge in [0.15, 0.2) is 0 Å². The zero-order chi connectivity index (χ0) is 12.3. The van der Waals surface area contributed by atoms with Gasteiger partial charge in [-0.15, -0.1) is 0 Å². The van der Waals surface area contributed by atoms with Crippen LogP contribution in [0.3, 0.4) is 0 Å². The molecule has 1 unspecified atom stereocenters. The molecule has 0 aliphatic carbocycles. The van der Waals surface area contributed by atoms with Gasteiger partial charge in [-0.05, 0) is 37.9 Å². The lowest BCUT2D eigenvalue weighted by molar-refractivity contribution is 0.362. The molecule has 2 rings (SSSR count). The summed E-state index contributed by atoms with van der Waals surface area (Å²) in [4.78, 5) is 0. The van der Waals surface area contributed by atoms with Crippen LogP contribution in [0.2, 0.25) is 0 Å². The van der Waals surface area contributed by atoms with Gasteiger partial charge < -0.3 is 5.32 Å². The predicted octanol–water partition coefficient (Wildman–Crippen LogP) is 1.49. The molecule has 5 heteroatoms. The Morgan fingerprint density at radius 1 is 1.41 bits per heavy atom. The van der Waals surface area contributed by atoms with E-state index in [1.165, 1.54) is 0 Å². The van der Waals surface area contributed by atoms with Crippen LogP contribution in [-0.4, -0.2) is 26.8 Å². The molecule has 94 valence electrons. The van der Waals surface area contributed by atoms with E-state index in [0.29, 0.717) is 18.2 Å². The second kappa shape index (κ2) is 5.06. The molecule has 1 aliphatic heterocycles. The fourth-order valence-electron chi connectivity index (χ4n) is 1.80. The van der Waals surface area contributed by atoms with Gasteiger partial charge in [0.05, 0.1) is 11.4 Å². The van der Waals surface area contributed by atoms with Crippen molar-refractivity contribution in [3.8, 4) is 0 Å². The van der Waals surface area contributed by atoms with Crippen LogP contribution in [0.5, 0.6) is 0 Å². The first-order valence-electron chi connectivity index (χ1n) is 5.86. The summed E-state index contributed by atoms with van der Waals surface area (Å²) < 4.78 is 26.4. The maximum atomic E-state index is 11.9. The molecule has 0 amide bonds. The van der Waals surface area contributed by atoms with Crippen LogP contribution in [-0.2, 0) is 10.0 Å². The number of rotatable bonds is 5. The van der Waals surface area contributed by atoms with Gasteiger partial charge in [0.25, 0.3) is 0 Å². The normalized spacial score (nSPS) is 19.7. The minimum atomic E-state index is -3.22. The number of sulfonamides is 1. The van der Waals surface area contributed by atoms with Crippen LogP contribution >= 0.6 is 0 Å².